The summed E-state index contributed by atoms with van der Waals surface area (Å²) >= 11 is 1.19. The third-order valence-corrected chi connectivity index (χ3v) is 13.0. The van der Waals surface area contributed by atoms with Gasteiger partial charge in [-0.05, 0) is 67.4 Å². The van der Waals surface area contributed by atoms with Gasteiger partial charge in [0.1, 0.15) is 48.0 Å². The van der Waals surface area contributed by atoms with Crippen LogP contribution in [0.4, 0.5) is 0 Å². The average molecular weight is 1000 g/mol. The van der Waals surface area contributed by atoms with Crippen LogP contribution in [0.1, 0.15) is 97.5 Å². The van der Waals surface area contributed by atoms with Crippen molar-refractivity contribution in [1.82, 2.24) is 42.1 Å². The van der Waals surface area contributed by atoms with Gasteiger partial charge in [-0.1, -0.05) is 46.2 Å². The highest BCUT2D eigenvalue weighted by atomic mass is 32.2. The van der Waals surface area contributed by atoms with E-state index in [-0.39, 0.29) is 75.5 Å². The molecular formula is C46H71N11O12S. The van der Waals surface area contributed by atoms with E-state index < -0.39 is 126 Å². The van der Waals surface area contributed by atoms with Crippen molar-refractivity contribution in [3.05, 3.63) is 29.8 Å². The highest BCUT2D eigenvalue weighted by Crippen LogP contribution is 2.22. The number of nitrogens with two attached hydrogens (primary N) is 3. The van der Waals surface area contributed by atoms with Gasteiger partial charge in [0, 0.05) is 44.5 Å². The van der Waals surface area contributed by atoms with Gasteiger partial charge in [0.05, 0.1) is 13.5 Å². The van der Waals surface area contributed by atoms with Crippen LogP contribution in [0.15, 0.2) is 24.3 Å². The lowest BCUT2D eigenvalue weighted by Gasteiger charge is -2.31. The Kier molecular flexibility index (Phi) is 23.9. The Labute approximate surface area is 412 Å². The standard InChI is InChI=1S/C46H71N11O12S/c1-6-26(4)39-45(67)52-29(15-16-35(47)58)41(63)53-32(23-37(49)60)42(64)55-33(24-70-20-8-10-38(61)51-31(43(65)56-39)22-27-11-13-28(69-5)14-12-27)46(68)57-19-7-9-34(57)44(66)54-30(21-25(2)3)40(62)50-18-17-36(48)59/h11-14,25-26,29-34,39H,6-10,15-24H2,1-5H3,(H2,47,58)(H2,48,59)(H2,49,60)(H,50,62)(H,51,61)(H,52,67)(H,53,63)(H,54,66)(H,55,64)(H,56,65)/t26-,29-,30-,31-,32-,33-,34-,39-/m0/s1. The third kappa shape index (κ3) is 19.1. The first-order valence-electron chi connectivity index (χ1n) is 23.6. The van der Waals surface area contributed by atoms with E-state index in [1.807, 2.05) is 13.8 Å². The number of benzene rings is 1. The van der Waals surface area contributed by atoms with Crippen LogP contribution < -0.4 is 59.2 Å². The summed E-state index contributed by atoms with van der Waals surface area (Å²) in [6.45, 7) is 7.22. The molecule has 8 atom stereocenters. The number of primary amides is 3. The highest BCUT2D eigenvalue weighted by molar-refractivity contribution is 7.99. The van der Waals surface area contributed by atoms with Crippen molar-refractivity contribution in [3.63, 3.8) is 0 Å². The minimum absolute atomic E-state index is 0.0254. The molecule has 0 saturated carbocycles. The van der Waals surface area contributed by atoms with Crippen LogP contribution in [0.3, 0.4) is 0 Å². The number of rotatable bonds is 19. The number of amides is 11. The molecule has 0 unspecified atom stereocenters. The molecule has 11 amide bonds. The van der Waals surface area contributed by atoms with E-state index >= 15 is 0 Å². The lowest BCUT2D eigenvalue weighted by molar-refractivity contribution is -0.142. The molecular weight excluding hydrogens is 931 g/mol. The van der Waals surface area contributed by atoms with Gasteiger partial charge in [0.15, 0.2) is 0 Å². The Morgan fingerprint density at radius 2 is 1.44 bits per heavy atom. The van der Waals surface area contributed by atoms with Crippen molar-refractivity contribution >= 4 is 76.7 Å². The molecule has 23 nitrogen and oxygen atoms in total. The van der Waals surface area contributed by atoms with Crippen LogP contribution in [-0.4, -0.2) is 144 Å². The van der Waals surface area contributed by atoms with E-state index in [9.17, 15) is 52.7 Å². The molecule has 2 saturated heterocycles. The molecule has 2 aliphatic rings. The van der Waals surface area contributed by atoms with E-state index in [1.165, 1.54) is 23.8 Å². The van der Waals surface area contributed by atoms with Crippen LogP contribution in [0.5, 0.6) is 5.75 Å². The van der Waals surface area contributed by atoms with Crippen molar-refractivity contribution in [2.75, 3.05) is 31.7 Å². The number of likely N-dealkylation sites (tertiary alicyclic amines) is 1. The maximum Gasteiger partial charge on any atom is 0.246 e. The Hall–Kier alpha value is -6.46. The van der Waals surface area contributed by atoms with E-state index in [2.05, 4.69) is 37.2 Å². The number of carbonyl (C=O) groups is 11. The predicted octanol–water partition coefficient (Wildman–Crippen LogP) is -2.11. The fraction of sp³-hybridized carbons (Fsp3) is 0.630. The van der Waals surface area contributed by atoms with E-state index in [0.717, 1.165) is 0 Å². The molecule has 70 heavy (non-hydrogen) atoms. The van der Waals surface area contributed by atoms with E-state index in [0.29, 0.717) is 24.2 Å². The van der Waals surface area contributed by atoms with Gasteiger partial charge < -0.3 is 64.1 Å². The van der Waals surface area contributed by atoms with Crippen molar-refractivity contribution in [2.24, 2.45) is 29.0 Å². The molecule has 1 aromatic rings. The second-order valence-corrected chi connectivity index (χ2v) is 19.1. The van der Waals surface area contributed by atoms with Gasteiger partial charge >= 0.3 is 0 Å². The predicted molar refractivity (Wildman–Crippen MR) is 258 cm³/mol. The number of carbonyl (C=O) groups excluding carboxylic acids is 11. The molecule has 2 aliphatic heterocycles. The number of nitrogens with zero attached hydrogens (tertiary/aromatic N) is 1. The summed E-state index contributed by atoms with van der Waals surface area (Å²) in [5.74, 6) is -8.23. The summed E-state index contributed by atoms with van der Waals surface area (Å²) in [5.41, 5.74) is 16.8. The van der Waals surface area contributed by atoms with Gasteiger partial charge in [-0.3, -0.25) is 52.7 Å². The van der Waals surface area contributed by atoms with Gasteiger partial charge in [-0.15, -0.1) is 0 Å². The number of thioether (sulfide) groups is 1. The Bertz CT molecular complexity index is 2040. The second-order valence-electron chi connectivity index (χ2n) is 18.0. The third-order valence-electron chi connectivity index (χ3n) is 11.8. The first-order chi connectivity index (χ1) is 33.1. The highest BCUT2D eigenvalue weighted by Gasteiger charge is 2.40. The number of hydrogen-bond acceptors (Lipinski definition) is 13. The summed E-state index contributed by atoms with van der Waals surface area (Å²) in [7, 11) is 1.50. The van der Waals surface area contributed by atoms with Crippen molar-refractivity contribution in [2.45, 2.75) is 141 Å². The maximum atomic E-state index is 14.5. The van der Waals surface area contributed by atoms with E-state index in [4.69, 9.17) is 21.9 Å². The normalized spacial score (nSPS) is 23.0. The zero-order valence-corrected chi connectivity index (χ0v) is 41.4. The molecule has 0 aromatic heterocycles. The van der Waals surface area contributed by atoms with Gasteiger partial charge in [-0.2, -0.15) is 11.8 Å². The lowest BCUT2D eigenvalue weighted by Crippen LogP contribution is -2.61. The zero-order chi connectivity index (χ0) is 52.1. The minimum atomic E-state index is -1.71. The van der Waals surface area contributed by atoms with Gasteiger partial charge in [-0.25, -0.2) is 0 Å². The monoisotopic (exact) mass is 1000 g/mol. The zero-order valence-electron chi connectivity index (χ0n) is 40.6. The minimum Gasteiger partial charge on any atom is -0.497 e. The van der Waals surface area contributed by atoms with Crippen LogP contribution in [0, 0.1) is 11.8 Å². The summed E-state index contributed by atoms with van der Waals surface area (Å²) in [5, 5.41) is 18.5. The Morgan fingerprint density at radius 3 is 2.06 bits per heavy atom. The van der Waals surface area contributed by atoms with Crippen molar-refractivity contribution in [1.29, 1.82) is 0 Å². The Balaban J connectivity index is 2.01. The molecule has 3 rings (SSSR count). The molecule has 388 valence electrons. The van der Waals surface area contributed by atoms with E-state index in [1.54, 1.807) is 38.1 Å². The van der Waals surface area contributed by atoms with Crippen LogP contribution in [0.2, 0.25) is 0 Å². The van der Waals surface area contributed by atoms with Crippen LogP contribution in [0.25, 0.3) is 0 Å². The quantitative estimate of drug-likeness (QED) is 0.0711. The maximum absolute atomic E-state index is 14.5. The summed E-state index contributed by atoms with van der Waals surface area (Å²) in [6.07, 6.45) is -0.208. The molecule has 24 heteroatoms. The average Bonchev–Trinajstić information content (AvgIpc) is 3.80. The SMILES string of the molecule is CC[C@H](C)[C@@H]1NC(=O)[C@H](Cc2ccc(OC)cc2)NC(=O)CCCSC[C@@H](C(=O)N2CCC[C@H]2C(=O)N[C@@H](CC(C)C)C(=O)NCCC(N)=O)NC(=O)[C@H](CC(N)=O)NC(=O)[C@H](CCC(N)=O)NC1=O. The number of methoxy groups -OCH3 is 1. The molecule has 1 aromatic carbocycles. The lowest BCUT2D eigenvalue weighted by atomic mass is 9.96. The molecule has 0 radical (unpaired) electrons. The number of ether oxygens (including phenoxy) is 1. The summed E-state index contributed by atoms with van der Waals surface area (Å²) in [6, 6.07) is -2.30. The largest absolute Gasteiger partial charge is 0.497 e. The molecule has 0 spiro atoms. The fourth-order valence-electron chi connectivity index (χ4n) is 7.82. The molecule has 0 aliphatic carbocycles. The number of hydrogen-bond donors (Lipinski definition) is 10. The van der Waals surface area contributed by atoms with Crippen molar-refractivity contribution in [3.8, 4) is 5.75 Å². The van der Waals surface area contributed by atoms with Crippen molar-refractivity contribution < 1.29 is 57.5 Å². The van der Waals surface area contributed by atoms with Gasteiger partial charge in [0.25, 0.3) is 0 Å². The smallest absolute Gasteiger partial charge is 0.246 e. The van der Waals surface area contributed by atoms with Gasteiger partial charge in [0.2, 0.25) is 65.0 Å². The van der Waals surface area contributed by atoms with Crippen LogP contribution >= 0.6 is 11.8 Å². The molecule has 2 fully saturated rings. The first-order valence-corrected chi connectivity index (χ1v) is 24.7. The summed E-state index contributed by atoms with van der Waals surface area (Å²) in [4.78, 5) is 148. The Morgan fingerprint density at radius 1 is 0.800 bits per heavy atom. The fourth-order valence-corrected chi connectivity index (χ4v) is 8.79. The van der Waals surface area contributed by atoms with Crippen LogP contribution in [-0.2, 0) is 59.2 Å². The molecule has 13 N–H and O–H groups in total. The molecule has 2 heterocycles. The second kappa shape index (κ2) is 28.9. The topological polar surface area (TPSA) is 363 Å². The number of nitrogens with one attached hydrogen (secondary N) is 7. The first kappa shape index (κ1) is 57.9. The molecule has 0 bridgehead atoms. The summed E-state index contributed by atoms with van der Waals surface area (Å²) < 4.78 is 5.26.